The molecule has 2 atom stereocenters. The molecule has 0 aliphatic rings. The monoisotopic (exact) mass is 762 g/mol. The lowest BCUT2D eigenvalue weighted by Crippen LogP contribution is -2.45. The van der Waals surface area contributed by atoms with Crippen LogP contribution in [-0.4, -0.2) is 47.4 Å². The summed E-state index contributed by atoms with van der Waals surface area (Å²) in [5.74, 6) is -0.0696. The number of esters is 1. The maximum atomic E-state index is 12.4. The third kappa shape index (κ3) is 40.0. The number of aliphatic hydroxyl groups is 2. The fourth-order valence-corrected chi connectivity index (χ4v) is 7.04. The number of carbonyl (C=O) groups excluding carboxylic acids is 2. The summed E-state index contributed by atoms with van der Waals surface area (Å²) in [5.41, 5.74) is 0. The zero-order valence-electron chi connectivity index (χ0n) is 36.0. The predicted molar refractivity (Wildman–Crippen MR) is 232 cm³/mol. The van der Waals surface area contributed by atoms with Gasteiger partial charge in [-0.25, -0.2) is 0 Å². The summed E-state index contributed by atoms with van der Waals surface area (Å²) in [6.07, 6.45) is 50.0. The number of carbonyl (C=O) groups is 2. The highest BCUT2D eigenvalue weighted by atomic mass is 16.5. The minimum Gasteiger partial charge on any atom is -0.466 e. The quantitative estimate of drug-likeness (QED) is 0.0327. The molecule has 1 amide bonds. The molecular weight excluding hydrogens is 671 g/mol. The van der Waals surface area contributed by atoms with E-state index in [-0.39, 0.29) is 18.5 Å². The van der Waals surface area contributed by atoms with Gasteiger partial charge in [-0.2, -0.15) is 0 Å². The molecule has 0 rings (SSSR count). The Bertz CT molecular complexity index is 843. The van der Waals surface area contributed by atoms with E-state index in [2.05, 4.69) is 43.5 Å². The molecule has 2 unspecified atom stereocenters. The number of allylic oxidation sites excluding steroid dienone is 4. The molecule has 54 heavy (non-hydrogen) atoms. The van der Waals surface area contributed by atoms with E-state index >= 15 is 0 Å². The molecule has 0 aliphatic heterocycles. The van der Waals surface area contributed by atoms with E-state index < -0.39 is 12.1 Å². The van der Waals surface area contributed by atoms with Crippen LogP contribution in [0.15, 0.2) is 24.3 Å². The van der Waals surface area contributed by atoms with E-state index in [0.717, 1.165) is 64.2 Å². The van der Waals surface area contributed by atoms with Gasteiger partial charge >= 0.3 is 5.97 Å². The number of amides is 1. The summed E-state index contributed by atoms with van der Waals surface area (Å²) < 4.78 is 5.44. The van der Waals surface area contributed by atoms with Gasteiger partial charge in [0.1, 0.15) is 0 Å². The van der Waals surface area contributed by atoms with E-state index in [1.54, 1.807) is 0 Å². The van der Waals surface area contributed by atoms with Crippen LogP contribution >= 0.6 is 0 Å². The first-order valence-corrected chi connectivity index (χ1v) is 23.6. The molecular formula is C48H91NO5. The first-order valence-electron chi connectivity index (χ1n) is 23.6. The van der Waals surface area contributed by atoms with Crippen molar-refractivity contribution in [3.05, 3.63) is 24.3 Å². The zero-order valence-corrected chi connectivity index (χ0v) is 36.0. The number of hydrogen-bond donors (Lipinski definition) is 3. The summed E-state index contributed by atoms with van der Waals surface area (Å²) in [4.78, 5) is 24.3. The van der Waals surface area contributed by atoms with E-state index in [1.165, 1.54) is 148 Å². The minimum atomic E-state index is -0.672. The molecule has 0 aromatic carbocycles. The predicted octanol–water partition coefficient (Wildman–Crippen LogP) is 13.6. The molecule has 0 spiro atoms. The van der Waals surface area contributed by atoms with Crippen molar-refractivity contribution >= 4 is 11.9 Å². The smallest absolute Gasteiger partial charge is 0.305 e. The lowest BCUT2D eigenvalue weighted by Gasteiger charge is -2.22. The molecule has 0 aliphatic carbocycles. The molecule has 0 radical (unpaired) electrons. The van der Waals surface area contributed by atoms with Crippen LogP contribution < -0.4 is 5.32 Å². The average Bonchev–Trinajstić information content (AvgIpc) is 3.17. The van der Waals surface area contributed by atoms with Crippen LogP contribution in [0.5, 0.6) is 0 Å². The van der Waals surface area contributed by atoms with Gasteiger partial charge in [-0.1, -0.05) is 179 Å². The molecule has 3 N–H and O–H groups in total. The Hall–Kier alpha value is -1.66. The molecule has 0 aromatic rings. The number of ether oxygens (including phenoxy) is 1. The second-order valence-corrected chi connectivity index (χ2v) is 16.1. The van der Waals surface area contributed by atoms with Crippen molar-refractivity contribution < 1.29 is 24.5 Å². The van der Waals surface area contributed by atoms with E-state index in [0.29, 0.717) is 25.9 Å². The van der Waals surface area contributed by atoms with Crippen molar-refractivity contribution in [2.45, 2.75) is 257 Å². The maximum Gasteiger partial charge on any atom is 0.305 e. The van der Waals surface area contributed by atoms with Crippen LogP contribution in [0.1, 0.15) is 245 Å². The fraction of sp³-hybridized carbons (Fsp3) is 0.875. The fourth-order valence-electron chi connectivity index (χ4n) is 7.04. The Kier molecular flexibility index (Phi) is 42.7. The number of hydrogen-bond acceptors (Lipinski definition) is 5. The van der Waals surface area contributed by atoms with Gasteiger partial charge in [-0.3, -0.25) is 9.59 Å². The Morgan fingerprint density at radius 2 is 0.870 bits per heavy atom. The largest absolute Gasteiger partial charge is 0.466 e. The summed E-state index contributed by atoms with van der Waals surface area (Å²) in [5, 5.41) is 23.0. The van der Waals surface area contributed by atoms with Crippen LogP contribution in [0.3, 0.4) is 0 Å². The number of unbranched alkanes of at least 4 members (excludes halogenated alkanes) is 28. The van der Waals surface area contributed by atoms with E-state index in [4.69, 9.17) is 4.74 Å². The summed E-state index contributed by atoms with van der Waals surface area (Å²) in [6, 6.07) is -0.551. The molecule has 0 aromatic heterocycles. The second-order valence-electron chi connectivity index (χ2n) is 16.1. The number of aliphatic hydroxyl groups excluding tert-OH is 2. The van der Waals surface area contributed by atoms with Crippen LogP contribution in [-0.2, 0) is 14.3 Å². The van der Waals surface area contributed by atoms with Gasteiger partial charge in [0.25, 0.3) is 0 Å². The lowest BCUT2D eigenvalue weighted by molar-refractivity contribution is -0.143. The van der Waals surface area contributed by atoms with Gasteiger partial charge in [0, 0.05) is 12.8 Å². The summed E-state index contributed by atoms with van der Waals surface area (Å²) in [7, 11) is 0. The summed E-state index contributed by atoms with van der Waals surface area (Å²) in [6.45, 7) is 4.87. The van der Waals surface area contributed by atoms with Gasteiger partial charge in [-0.05, 0) is 77.0 Å². The Morgan fingerprint density at radius 1 is 0.500 bits per heavy atom. The lowest BCUT2D eigenvalue weighted by atomic mass is 10.0. The van der Waals surface area contributed by atoms with E-state index in [9.17, 15) is 19.8 Å². The zero-order chi connectivity index (χ0) is 39.4. The molecule has 0 bridgehead atoms. The van der Waals surface area contributed by atoms with Gasteiger partial charge in [0.2, 0.25) is 5.91 Å². The third-order valence-electron chi connectivity index (χ3n) is 10.7. The molecule has 0 heterocycles. The second kappa shape index (κ2) is 44.1. The van der Waals surface area contributed by atoms with Crippen LogP contribution in [0, 0.1) is 0 Å². The van der Waals surface area contributed by atoms with Crippen molar-refractivity contribution in [3.63, 3.8) is 0 Å². The minimum absolute atomic E-state index is 0.0138. The Labute approximate surface area is 335 Å². The highest BCUT2D eigenvalue weighted by Crippen LogP contribution is 2.15. The molecule has 0 saturated carbocycles. The number of rotatable bonds is 43. The summed E-state index contributed by atoms with van der Waals surface area (Å²) >= 11 is 0. The Balaban J connectivity index is 3.46. The van der Waals surface area contributed by atoms with Crippen molar-refractivity contribution in [1.29, 1.82) is 0 Å². The third-order valence-corrected chi connectivity index (χ3v) is 10.7. The van der Waals surface area contributed by atoms with Gasteiger partial charge in [-0.15, -0.1) is 0 Å². The molecule has 6 heteroatoms. The topological polar surface area (TPSA) is 95.9 Å². The molecule has 0 saturated heterocycles. The highest BCUT2D eigenvalue weighted by molar-refractivity contribution is 5.76. The van der Waals surface area contributed by atoms with Crippen molar-refractivity contribution in [2.24, 2.45) is 0 Å². The van der Waals surface area contributed by atoms with E-state index in [1.807, 2.05) is 0 Å². The average molecular weight is 762 g/mol. The van der Waals surface area contributed by atoms with Gasteiger partial charge in [0.15, 0.2) is 0 Å². The SMILES string of the molecule is CCCCC/C=C\CCCCCCCC(=O)OCCCCCCCCC/C=C\CCCCCCCC(=O)NC(CO)C(O)CCCCCCCCCCC. The first kappa shape index (κ1) is 52.3. The van der Waals surface area contributed by atoms with Crippen LogP contribution in [0.2, 0.25) is 0 Å². The van der Waals surface area contributed by atoms with Crippen molar-refractivity contribution in [3.8, 4) is 0 Å². The maximum absolute atomic E-state index is 12.4. The van der Waals surface area contributed by atoms with Crippen LogP contribution in [0.25, 0.3) is 0 Å². The normalized spacial score (nSPS) is 12.9. The Morgan fingerprint density at radius 3 is 1.35 bits per heavy atom. The first-order chi connectivity index (χ1) is 26.5. The molecule has 6 nitrogen and oxygen atoms in total. The van der Waals surface area contributed by atoms with Gasteiger partial charge in [0.05, 0.1) is 25.4 Å². The molecule has 0 fully saturated rings. The molecule has 318 valence electrons. The van der Waals surface area contributed by atoms with Gasteiger partial charge < -0.3 is 20.3 Å². The highest BCUT2D eigenvalue weighted by Gasteiger charge is 2.20. The van der Waals surface area contributed by atoms with Crippen molar-refractivity contribution in [1.82, 2.24) is 5.32 Å². The standard InChI is InChI=1S/C48H91NO5/c1-3-5-7-9-11-13-14-22-26-30-34-38-42-48(53)54-43-39-35-31-27-23-20-18-16-15-17-19-21-25-29-33-37-41-47(52)49-45(44-50)46(51)40-36-32-28-24-12-10-8-6-4-2/h11,13,15,17,45-46,50-51H,3-10,12,14,16,18-44H2,1-2H3,(H,49,52)/b13-11-,17-15-. The van der Waals surface area contributed by atoms with Crippen LogP contribution in [0.4, 0.5) is 0 Å². The number of nitrogens with one attached hydrogen (secondary N) is 1. The van der Waals surface area contributed by atoms with Crippen molar-refractivity contribution in [2.75, 3.05) is 13.2 Å².